The van der Waals surface area contributed by atoms with E-state index in [9.17, 15) is 4.79 Å². The van der Waals surface area contributed by atoms with E-state index >= 15 is 0 Å². The number of Topliss-reactive ketones (excluding diaryl/α,β-unsaturated/α-hetero) is 1. The Bertz CT molecular complexity index is 390. The first-order valence-corrected chi connectivity index (χ1v) is 6.62. The van der Waals surface area contributed by atoms with Crippen LogP contribution in [0, 0.1) is 0 Å². The van der Waals surface area contributed by atoms with Crippen molar-refractivity contribution in [2.45, 2.75) is 32.3 Å². The van der Waals surface area contributed by atoms with Crippen molar-refractivity contribution in [3.63, 3.8) is 0 Å². The molecule has 19 heavy (non-hydrogen) atoms. The van der Waals surface area contributed by atoms with Gasteiger partial charge >= 0.3 is 0 Å². The van der Waals surface area contributed by atoms with Gasteiger partial charge in [-0.05, 0) is 33.0 Å². The second-order valence-electron chi connectivity index (χ2n) is 5.26. The van der Waals surface area contributed by atoms with Crippen LogP contribution in [0.1, 0.15) is 26.0 Å². The number of carbonyl (C=O) groups excluding carboxylic acids is 1. The van der Waals surface area contributed by atoms with E-state index in [4.69, 9.17) is 4.74 Å². The van der Waals surface area contributed by atoms with Gasteiger partial charge in [0, 0.05) is 44.9 Å². The molecule has 0 aliphatic heterocycles. The Morgan fingerprint density at radius 2 is 2.11 bits per heavy atom. The molecule has 1 heterocycles. The second kappa shape index (κ2) is 7.36. The summed E-state index contributed by atoms with van der Waals surface area (Å²) in [6, 6.07) is 5.93. The summed E-state index contributed by atoms with van der Waals surface area (Å²) in [4.78, 5) is 18.3. The Labute approximate surface area is 115 Å². The summed E-state index contributed by atoms with van der Waals surface area (Å²) in [6.45, 7) is 5.27. The summed E-state index contributed by atoms with van der Waals surface area (Å²) < 4.78 is 5.18. The highest BCUT2D eigenvalue weighted by Gasteiger charge is 2.26. The Morgan fingerprint density at radius 1 is 1.37 bits per heavy atom. The first-order valence-electron chi connectivity index (χ1n) is 6.62. The van der Waals surface area contributed by atoms with Crippen molar-refractivity contribution in [2.75, 3.05) is 27.2 Å². The molecule has 106 valence electrons. The van der Waals surface area contributed by atoms with Crippen molar-refractivity contribution in [1.82, 2.24) is 9.88 Å². The minimum absolute atomic E-state index is 0.139. The van der Waals surface area contributed by atoms with Crippen LogP contribution in [0.4, 0.5) is 0 Å². The minimum atomic E-state index is -0.679. The van der Waals surface area contributed by atoms with E-state index in [1.807, 2.05) is 39.1 Å². The molecule has 0 aliphatic carbocycles. The molecule has 0 radical (unpaired) electrons. The van der Waals surface area contributed by atoms with Crippen LogP contribution in [0.5, 0.6) is 0 Å². The molecular formula is C15H24N2O2. The lowest BCUT2D eigenvalue weighted by Gasteiger charge is -2.23. The minimum Gasteiger partial charge on any atom is -0.371 e. The standard InChI is InChI=1S/C15H24N2O2/c1-15(2,19-4)14(18)9-12-17(3)11-8-13-7-5-6-10-16-13/h5-7,10H,8-9,11-12H2,1-4H3. The SMILES string of the molecule is COC(C)(C)C(=O)CCN(C)CCc1ccccn1. The number of likely N-dealkylation sites (N-methyl/N-ethyl adjacent to an activating group) is 1. The number of nitrogens with zero attached hydrogens (tertiary/aromatic N) is 2. The van der Waals surface area contributed by atoms with Crippen LogP contribution in [0.25, 0.3) is 0 Å². The molecule has 0 amide bonds. The molecule has 0 bridgehead atoms. The Hall–Kier alpha value is -1.26. The highest BCUT2D eigenvalue weighted by molar-refractivity contribution is 5.86. The van der Waals surface area contributed by atoms with Crippen molar-refractivity contribution in [2.24, 2.45) is 0 Å². The van der Waals surface area contributed by atoms with Gasteiger partial charge in [0.25, 0.3) is 0 Å². The molecule has 0 aliphatic rings. The third-order valence-corrected chi connectivity index (χ3v) is 3.38. The summed E-state index contributed by atoms with van der Waals surface area (Å²) in [5, 5.41) is 0. The van der Waals surface area contributed by atoms with Gasteiger partial charge in [-0.15, -0.1) is 0 Å². The van der Waals surface area contributed by atoms with Crippen LogP contribution in [0.15, 0.2) is 24.4 Å². The third kappa shape index (κ3) is 5.49. The van der Waals surface area contributed by atoms with Gasteiger partial charge in [-0.25, -0.2) is 0 Å². The number of rotatable bonds is 8. The molecule has 0 fully saturated rings. The van der Waals surface area contributed by atoms with Crippen molar-refractivity contribution < 1.29 is 9.53 Å². The molecule has 0 atom stereocenters. The fourth-order valence-corrected chi connectivity index (χ4v) is 1.67. The number of pyridine rings is 1. The topological polar surface area (TPSA) is 42.4 Å². The Balaban J connectivity index is 2.29. The van der Waals surface area contributed by atoms with E-state index in [1.165, 1.54) is 0 Å². The molecule has 0 saturated heterocycles. The van der Waals surface area contributed by atoms with Gasteiger partial charge in [-0.3, -0.25) is 9.78 Å². The normalized spacial score (nSPS) is 11.8. The van der Waals surface area contributed by atoms with Crippen molar-refractivity contribution in [3.8, 4) is 0 Å². The number of hydrogen-bond donors (Lipinski definition) is 0. The summed E-state index contributed by atoms with van der Waals surface area (Å²) in [5.74, 6) is 0.139. The number of ketones is 1. The molecule has 0 spiro atoms. The average Bonchev–Trinajstić information content (AvgIpc) is 2.43. The second-order valence-corrected chi connectivity index (χ2v) is 5.26. The van der Waals surface area contributed by atoms with E-state index < -0.39 is 5.60 Å². The largest absolute Gasteiger partial charge is 0.371 e. The zero-order chi connectivity index (χ0) is 14.3. The number of carbonyl (C=O) groups is 1. The van der Waals surface area contributed by atoms with Gasteiger partial charge in [0.2, 0.25) is 0 Å². The molecule has 4 heteroatoms. The van der Waals surface area contributed by atoms with Crippen LogP contribution in [-0.4, -0.2) is 48.5 Å². The number of aromatic nitrogens is 1. The van der Waals surface area contributed by atoms with Gasteiger partial charge in [0.15, 0.2) is 5.78 Å². The summed E-state index contributed by atoms with van der Waals surface area (Å²) in [7, 11) is 3.60. The number of methoxy groups -OCH3 is 1. The smallest absolute Gasteiger partial charge is 0.165 e. The molecule has 1 rings (SSSR count). The predicted molar refractivity (Wildman–Crippen MR) is 76.2 cm³/mol. The maximum atomic E-state index is 11.9. The molecule has 0 N–H and O–H groups in total. The maximum Gasteiger partial charge on any atom is 0.165 e. The summed E-state index contributed by atoms with van der Waals surface area (Å²) >= 11 is 0. The molecule has 1 aromatic heterocycles. The summed E-state index contributed by atoms with van der Waals surface area (Å²) in [6.07, 6.45) is 3.22. The van der Waals surface area contributed by atoms with E-state index in [2.05, 4.69) is 9.88 Å². The monoisotopic (exact) mass is 264 g/mol. The first kappa shape index (κ1) is 15.8. The number of hydrogen-bond acceptors (Lipinski definition) is 4. The predicted octanol–water partition coefficient (Wildman–Crippen LogP) is 1.94. The van der Waals surface area contributed by atoms with Crippen LogP contribution < -0.4 is 0 Å². The van der Waals surface area contributed by atoms with Crippen molar-refractivity contribution >= 4 is 5.78 Å². The molecule has 0 saturated carbocycles. The van der Waals surface area contributed by atoms with Gasteiger partial charge in [-0.1, -0.05) is 6.07 Å². The maximum absolute atomic E-state index is 11.9. The van der Waals surface area contributed by atoms with Crippen LogP contribution in [0.2, 0.25) is 0 Å². The highest BCUT2D eigenvalue weighted by atomic mass is 16.5. The average molecular weight is 264 g/mol. The van der Waals surface area contributed by atoms with E-state index in [1.54, 1.807) is 13.3 Å². The summed E-state index contributed by atoms with van der Waals surface area (Å²) in [5.41, 5.74) is 0.403. The number of ether oxygens (including phenoxy) is 1. The highest BCUT2D eigenvalue weighted by Crippen LogP contribution is 2.11. The fraction of sp³-hybridized carbons (Fsp3) is 0.600. The first-order chi connectivity index (χ1) is 8.95. The van der Waals surface area contributed by atoms with Gasteiger partial charge in [0.05, 0.1) is 0 Å². The Morgan fingerprint density at radius 3 is 2.68 bits per heavy atom. The fourth-order valence-electron chi connectivity index (χ4n) is 1.67. The quantitative estimate of drug-likeness (QED) is 0.719. The molecule has 4 nitrogen and oxygen atoms in total. The lowest BCUT2D eigenvalue weighted by molar-refractivity contribution is -0.137. The lowest BCUT2D eigenvalue weighted by atomic mass is 10.0. The van der Waals surface area contributed by atoms with Crippen molar-refractivity contribution in [3.05, 3.63) is 30.1 Å². The molecular weight excluding hydrogens is 240 g/mol. The molecule has 1 aromatic rings. The molecule has 0 aromatic carbocycles. The van der Waals surface area contributed by atoms with Crippen LogP contribution in [-0.2, 0) is 16.0 Å². The lowest BCUT2D eigenvalue weighted by Crippen LogP contribution is -2.36. The Kier molecular flexibility index (Phi) is 6.12. The van der Waals surface area contributed by atoms with E-state index in [0.29, 0.717) is 6.42 Å². The third-order valence-electron chi connectivity index (χ3n) is 3.38. The van der Waals surface area contributed by atoms with Crippen LogP contribution >= 0.6 is 0 Å². The zero-order valence-electron chi connectivity index (χ0n) is 12.3. The van der Waals surface area contributed by atoms with Crippen molar-refractivity contribution in [1.29, 1.82) is 0 Å². The van der Waals surface area contributed by atoms with E-state index in [-0.39, 0.29) is 5.78 Å². The van der Waals surface area contributed by atoms with Crippen LogP contribution in [0.3, 0.4) is 0 Å². The van der Waals surface area contributed by atoms with Gasteiger partial charge < -0.3 is 9.64 Å². The van der Waals surface area contributed by atoms with Gasteiger partial charge in [0.1, 0.15) is 5.60 Å². The van der Waals surface area contributed by atoms with Gasteiger partial charge in [-0.2, -0.15) is 0 Å². The zero-order valence-corrected chi connectivity index (χ0v) is 12.3. The molecule has 0 unspecified atom stereocenters. The van der Waals surface area contributed by atoms with E-state index in [0.717, 1.165) is 25.2 Å².